The van der Waals surface area contributed by atoms with Crippen molar-refractivity contribution in [3.05, 3.63) is 65.0 Å². The third-order valence-electron chi connectivity index (χ3n) is 4.43. The van der Waals surface area contributed by atoms with E-state index in [9.17, 15) is 8.42 Å². The van der Waals surface area contributed by atoms with Gasteiger partial charge in [0.1, 0.15) is 15.5 Å². The van der Waals surface area contributed by atoms with E-state index in [1.807, 2.05) is 0 Å². The Morgan fingerprint density at radius 1 is 1.07 bits per heavy atom. The molecule has 4 aromatic rings. The molecule has 0 aliphatic rings. The predicted octanol–water partition coefficient (Wildman–Crippen LogP) is 4.95. The third-order valence-corrected chi connectivity index (χ3v) is 7.54. The SMILES string of the molecule is COc1ccc(N(C)S(=O)(=O)c2ccsc2-c2nc(-c3ccc(Cl)cc3)no2)cc1. The molecular weight excluding hydrogens is 446 g/mol. The Morgan fingerprint density at radius 2 is 1.77 bits per heavy atom. The van der Waals surface area contributed by atoms with Crippen molar-refractivity contribution in [1.82, 2.24) is 10.1 Å². The van der Waals surface area contributed by atoms with Gasteiger partial charge in [0.05, 0.1) is 12.8 Å². The van der Waals surface area contributed by atoms with Crippen LogP contribution in [0, 0.1) is 0 Å². The van der Waals surface area contributed by atoms with Gasteiger partial charge in [-0.2, -0.15) is 4.98 Å². The molecule has 0 aliphatic heterocycles. The van der Waals surface area contributed by atoms with Gasteiger partial charge in [-0.25, -0.2) is 8.42 Å². The number of halogens is 1. The van der Waals surface area contributed by atoms with Crippen LogP contribution in [0.25, 0.3) is 22.2 Å². The molecule has 2 aromatic carbocycles. The van der Waals surface area contributed by atoms with Gasteiger partial charge in [-0.05, 0) is 60.0 Å². The second kappa shape index (κ2) is 8.10. The van der Waals surface area contributed by atoms with E-state index in [0.717, 1.165) is 0 Å². The highest BCUT2D eigenvalue weighted by molar-refractivity contribution is 7.93. The fourth-order valence-corrected chi connectivity index (χ4v) is 5.40. The molecule has 0 saturated heterocycles. The number of rotatable bonds is 6. The molecule has 2 heterocycles. The van der Waals surface area contributed by atoms with E-state index in [-0.39, 0.29) is 10.8 Å². The molecule has 154 valence electrons. The number of ether oxygens (including phenoxy) is 1. The van der Waals surface area contributed by atoms with E-state index in [2.05, 4.69) is 10.1 Å². The number of aromatic nitrogens is 2. The van der Waals surface area contributed by atoms with Gasteiger partial charge in [-0.3, -0.25) is 4.31 Å². The Hall–Kier alpha value is -2.88. The summed E-state index contributed by atoms with van der Waals surface area (Å²) in [5.74, 6) is 1.12. The summed E-state index contributed by atoms with van der Waals surface area (Å²) in [4.78, 5) is 4.84. The largest absolute Gasteiger partial charge is 0.497 e. The number of hydrogen-bond acceptors (Lipinski definition) is 7. The standard InChI is InChI=1S/C20H16ClN3O4S2/c1-24(15-7-9-16(27-2)10-8-15)30(25,26)17-11-12-29-18(17)20-22-19(23-28-20)13-3-5-14(21)6-4-13/h3-12H,1-2H3. The zero-order valence-corrected chi connectivity index (χ0v) is 18.3. The van der Waals surface area contributed by atoms with Gasteiger partial charge in [0.25, 0.3) is 15.9 Å². The molecule has 0 bridgehead atoms. The Bertz CT molecular complexity index is 1270. The first-order valence-corrected chi connectivity index (χ1v) is 11.4. The van der Waals surface area contributed by atoms with Gasteiger partial charge in [0, 0.05) is 17.6 Å². The monoisotopic (exact) mass is 461 g/mol. The van der Waals surface area contributed by atoms with E-state index < -0.39 is 10.0 Å². The lowest BCUT2D eigenvalue weighted by molar-refractivity contribution is 0.415. The normalized spacial score (nSPS) is 11.4. The van der Waals surface area contributed by atoms with E-state index in [4.69, 9.17) is 20.9 Å². The molecule has 0 atom stereocenters. The lowest BCUT2D eigenvalue weighted by Crippen LogP contribution is -2.26. The maximum Gasteiger partial charge on any atom is 0.269 e. The lowest BCUT2D eigenvalue weighted by atomic mass is 10.2. The summed E-state index contributed by atoms with van der Waals surface area (Å²) >= 11 is 7.13. The van der Waals surface area contributed by atoms with Gasteiger partial charge >= 0.3 is 0 Å². The van der Waals surface area contributed by atoms with Crippen LogP contribution in [-0.4, -0.2) is 32.7 Å². The summed E-state index contributed by atoms with van der Waals surface area (Å²) in [5.41, 5.74) is 1.21. The van der Waals surface area contributed by atoms with Gasteiger partial charge in [0.15, 0.2) is 0 Å². The van der Waals surface area contributed by atoms with Crippen molar-refractivity contribution >= 4 is 38.6 Å². The van der Waals surface area contributed by atoms with E-state index >= 15 is 0 Å². The van der Waals surface area contributed by atoms with Crippen LogP contribution in [0.15, 0.2) is 69.4 Å². The number of methoxy groups -OCH3 is 1. The smallest absolute Gasteiger partial charge is 0.269 e. The molecule has 4 rings (SSSR count). The minimum Gasteiger partial charge on any atom is -0.497 e. The number of anilines is 1. The fourth-order valence-electron chi connectivity index (χ4n) is 2.77. The van der Waals surface area contributed by atoms with Crippen LogP contribution in [0.5, 0.6) is 5.75 Å². The van der Waals surface area contributed by atoms with Crippen LogP contribution in [-0.2, 0) is 10.0 Å². The molecule has 7 nitrogen and oxygen atoms in total. The average Bonchev–Trinajstić information content (AvgIpc) is 3.43. The Balaban J connectivity index is 1.68. The molecule has 0 spiro atoms. The highest BCUT2D eigenvalue weighted by Gasteiger charge is 2.28. The summed E-state index contributed by atoms with van der Waals surface area (Å²) in [6.45, 7) is 0. The maximum atomic E-state index is 13.3. The maximum absolute atomic E-state index is 13.3. The highest BCUT2D eigenvalue weighted by atomic mass is 35.5. The molecule has 2 aromatic heterocycles. The van der Waals surface area contributed by atoms with E-state index in [1.54, 1.807) is 61.0 Å². The summed E-state index contributed by atoms with van der Waals surface area (Å²) in [6, 6.07) is 15.2. The van der Waals surface area contributed by atoms with Crippen molar-refractivity contribution in [1.29, 1.82) is 0 Å². The van der Waals surface area contributed by atoms with E-state index in [0.29, 0.717) is 32.7 Å². The molecule has 0 fully saturated rings. The second-order valence-electron chi connectivity index (χ2n) is 6.21. The molecule has 0 unspecified atom stereocenters. The summed E-state index contributed by atoms with van der Waals surface area (Å²) < 4.78 is 38.2. The van der Waals surface area contributed by atoms with Crippen molar-refractivity contribution in [3.63, 3.8) is 0 Å². The van der Waals surface area contributed by atoms with Crippen LogP contribution in [0.3, 0.4) is 0 Å². The molecule has 0 amide bonds. The van der Waals surface area contributed by atoms with Crippen molar-refractivity contribution in [3.8, 4) is 27.9 Å². The number of sulfonamides is 1. The van der Waals surface area contributed by atoms with Crippen molar-refractivity contribution < 1.29 is 17.7 Å². The predicted molar refractivity (Wildman–Crippen MR) is 117 cm³/mol. The summed E-state index contributed by atoms with van der Waals surface area (Å²) in [6.07, 6.45) is 0. The zero-order valence-electron chi connectivity index (χ0n) is 15.9. The minimum atomic E-state index is -3.85. The zero-order chi connectivity index (χ0) is 21.3. The Labute approximate surface area is 182 Å². The molecule has 30 heavy (non-hydrogen) atoms. The third kappa shape index (κ3) is 3.79. The average molecular weight is 462 g/mol. The van der Waals surface area contributed by atoms with Crippen molar-refractivity contribution in [2.75, 3.05) is 18.5 Å². The van der Waals surface area contributed by atoms with Gasteiger partial charge in [-0.1, -0.05) is 16.8 Å². The van der Waals surface area contributed by atoms with Crippen molar-refractivity contribution in [2.24, 2.45) is 0 Å². The second-order valence-corrected chi connectivity index (χ2v) is 9.50. The quantitative estimate of drug-likeness (QED) is 0.403. The molecule has 10 heteroatoms. The van der Waals surface area contributed by atoms with Crippen LogP contribution >= 0.6 is 22.9 Å². The fraction of sp³-hybridized carbons (Fsp3) is 0.100. The Kier molecular flexibility index (Phi) is 5.50. The van der Waals surface area contributed by atoms with Gasteiger partial charge in [0.2, 0.25) is 5.82 Å². The number of thiophene rings is 1. The molecule has 0 aliphatic carbocycles. The minimum absolute atomic E-state index is 0.0946. The first-order chi connectivity index (χ1) is 14.4. The first-order valence-electron chi connectivity index (χ1n) is 8.70. The van der Waals surface area contributed by atoms with Crippen LogP contribution in [0.4, 0.5) is 5.69 Å². The molecular formula is C20H16ClN3O4S2. The van der Waals surface area contributed by atoms with Crippen LogP contribution < -0.4 is 9.04 Å². The number of hydrogen-bond donors (Lipinski definition) is 0. The van der Waals surface area contributed by atoms with Gasteiger partial charge in [-0.15, -0.1) is 11.3 Å². The van der Waals surface area contributed by atoms with Crippen molar-refractivity contribution in [2.45, 2.75) is 4.90 Å². The topological polar surface area (TPSA) is 85.5 Å². The number of benzene rings is 2. The lowest BCUT2D eigenvalue weighted by Gasteiger charge is -2.19. The molecule has 0 radical (unpaired) electrons. The van der Waals surface area contributed by atoms with Crippen LogP contribution in [0.1, 0.15) is 0 Å². The first kappa shape index (κ1) is 20.4. The molecule has 0 N–H and O–H groups in total. The molecule has 0 saturated carbocycles. The Morgan fingerprint density at radius 3 is 2.43 bits per heavy atom. The van der Waals surface area contributed by atoms with Crippen LogP contribution in [0.2, 0.25) is 5.02 Å². The number of nitrogens with zero attached hydrogens (tertiary/aromatic N) is 3. The highest BCUT2D eigenvalue weighted by Crippen LogP contribution is 2.35. The van der Waals surface area contributed by atoms with Gasteiger partial charge < -0.3 is 9.26 Å². The summed E-state index contributed by atoms with van der Waals surface area (Å²) in [7, 11) is -0.807. The van der Waals surface area contributed by atoms with E-state index in [1.165, 1.54) is 28.8 Å². The summed E-state index contributed by atoms with van der Waals surface area (Å²) in [5, 5.41) is 6.24.